The van der Waals surface area contributed by atoms with Gasteiger partial charge in [0.1, 0.15) is 11.4 Å². The maximum absolute atomic E-state index is 12.0. The van der Waals surface area contributed by atoms with Crippen molar-refractivity contribution >= 4 is 5.78 Å². The van der Waals surface area contributed by atoms with Crippen molar-refractivity contribution in [1.82, 2.24) is 20.2 Å². The summed E-state index contributed by atoms with van der Waals surface area (Å²) in [5, 5.41) is 8.19. The van der Waals surface area contributed by atoms with Crippen molar-refractivity contribution < 1.29 is 4.79 Å². The highest BCUT2D eigenvalue weighted by molar-refractivity contribution is 5.95. The molecule has 5 nitrogen and oxygen atoms in total. The van der Waals surface area contributed by atoms with Gasteiger partial charge in [-0.15, -0.1) is 5.10 Å². The van der Waals surface area contributed by atoms with Crippen LogP contribution in [0.5, 0.6) is 0 Å². The van der Waals surface area contributed by atoms with Crippen LogP contribution in [-0.4, -0.2) is 25.9 Å². The minimum absolute atomic E-state index is 0.0736. The molecule has 0 unspecified atom stereocenters. The van der Waals surface area contributed by atoms with Gasteiger partial charge in [-0.1, -0.05) is 12.1 Å². The number of Topliss-reactive ketones (excluding diaryl/α,β-unsaturated/α-hetero) is 1. The third-order valence-corrected chi connectivity index (χ3v) is 2.94. The average Bonchev–Trinajstić information content (AvgIpc) is 2.57. The molecule has 0 fully saturated rings. The second kappa shape index (κ2) is 6.00. The van der Waals surface area contributed by atoms with Crippen LogP contribution in [0.25, 0.3) is 11.4 Å². The summed E-state index contributed by atoms with van der Waals surface area (Å²) < 4.78 is 0. The first kappa shape index (κ1) is 13.1. The molecule has 0 spiro atoms. The fraction of sp³-hybridized carbons (Fsp3) is 0.0625. The number of rotatable bonds is 4. The lowest BCUT2D eigenvalue weighted by molar-refractivity contribution is 0.0987. The summed E-state index contributed by atoms with van der Waals surface area (Å²) >= 11 is 0. The Hall–Kier alpha value is -2.95. The van der Waals surface area contributed by atoms with Gasteiger partial charge < -0.3 is 0 Å². The van der Waals surface area contributed by atoms with Gasteiger partial charge in [0.15, 0.2) is 5.78 Å². The fourth-order valence-corrected chi connectivity index (χ4v) is 1.89. The third kappa shape index (κ3) is 3.14. The zero-order valence-corrected chi connectivity index (χ0v) is 11.2. The van der Waals surface area contributed by atoms with E-state index in [-0.39, 0.29) is 12.2 Å². The van der Waals surface area contributed by atoms with E-state index in [4.69, 9.17) is 0 Å². The average molecular weight is 276 g/mol. The van der Waals surface area contributed by atoms with Crippen molar-refractivity contribution in [2.45, 2.75) is 6.42 Å². The molecule has 0 aliphatic rings. The highest BCUT2D eigenvalue weighted by Crippen LogP contribution is 2.12. The Balaban J connectivity index is 1.75. The van der Waals surface area contributed by atoms with E-state index < -0.39 is 0 Å². The molecule has 0 aromatic carbocycles. The van der Waals surface area contributed by atoms with Crippen molar-refractivity contribution in [2.75, 3.05) is 0 Å². The normalized spacial score (nSPS) is 10.3. The molecule has 0 radical (unpaired) electrons. The Kier molecular flexibility index (Phi) is 3.73. The quantitative estimate of drug-likeness (QED) is 0.684. The van der Waals surface area contributed by atoms with Gasteiger partial charge in [-0.3, -0.25) is 14.8 Å². The van der Waals surface area contributed by atoms with E-state index >= 15 is 0 Å². The van der Waals surface area contributed by atoms with Crippen LogP contribution in [0, 0.1) is 0 Å². The minimum atomic E-state index is -0.0736. The van der Waals surface area contributed by atoms with Crippen LogP contribution in [-0.2, 0) is 6.42 Å². The Morgan fingerprint density at radius 2 is 1.62 bits per heavy atom. The molecule has 0 atom stereocenters. The molecule has 3 aromatic heterocycles. The van der Waals surface area contributed by atoms with Crippen LogP contribution >= 0.6 is 0 Å². The molecule has 0 saturated heterocycles. The molecule has 5 heteroatoms. The van der Waals surface area contributed by atoms with Gasteiger partial charge in [0, 0.05) is 12.4 Å². The van der Waals surface area contributed by atoms with E-state index in [1.807, 2.05) is 24.3 Å². The lowest BCUT2D eigenvalue weighted by atomic mass is 10.1. The van der Waals surface area contributed by atoms with Crippen molar-refractivity contribution in [3.63, 3.8) is 0 Å². The summed E-state index contributed by atoms with van der Waals surface area (Å²) in [7, 11) is 0. The van der Waals surface area contributed by atoms with E-state index in [1.54, 1.807) is 36.7 Å². The summed E-state index contributed by atoms with van der Waals surface area (Å²) in [4.78, 5) is 20.3. The highest BCUT2D eigenvalue weighted by atomic mass is 16.1. The number of hydrogen-bond acceptors (Lipinski definition) is 5. The molecule has 0 saturated carbocycles. The predicted octanol–water partition coefficient (Wildman–Crippen LogP) is 2.36. The largest absolute Gasteiger partial charge is 0.292 e. The first-order valence-corrected chi connectivity index (χ1v) is 6.51. The maximum atomic E-state index is 12.0. The topological polar surface area (TPSA) is 68.6 Å². The van der Waals surface area contributed by atoms with Gasteiger partial charge in [-0.25, -0.2) is 0 Å². The summed E-state index contributed by atoms with van der Waals surface area (Å²) in [5.74, 6) is -0.0736. The van der Waals surface area contributed by atoms with Crippen molar-refractivity contribution in [2.24, 2.45) is 0 Å². The van der Waals surface area contributed by atoms with Gasteiger partial charge in [-0.05, 0) is 36.4 Å². The van der Waals surface area contributed by atoms with Gasteiger partial charge in [-0.2, -0.15) is 5.10 Å². The van der Waals surface area contributed by atoms with Crippen molar-refractivity contribution in [3.8, 4) is 11.4 Å². The van der Waals surface area contributed by atoms with Crippen LogP contribution in [0.1, 0.15) is 16.2 Å². The van der Waals surface area contributed by atoms with Crippen LogP contribution < -0.4 is 0 Å². The molecule has 0 N–H and O–H groups in total. The minimum Gasteiger partial charge on any atom is -0.292 e. The lowest BCUT2D eigenvalue weighted by Gasteiger charge is -2.01. The molecule has 102 valence electrons. The Morgan fingerprint density at radius 3 is 2.24 bits per heavy atom. The van der Waals surface area contributed by atoms with Crippen molar-refractivity contribution in [3.05, 3.63) is 72.3 Å². The molecular formula is C16H12N4O. The second-order valence-corrected chi connectivity index (χ2v) is 4.44. The van der Waals surface area contributed by atoms with E-state index in [0.29, 0.717) is 17.1 Å². The first-order valence-electron chi connectivity index (χ1n) is 6.51. The van der Waals surface area contributed by atoms with Gasteiger partial charge >= 0.3 is 0 Å². The van der Waals surface area contributed by atoms with E-state index in [2.05, 4.69) is 20.2 Å². The predicted molar refractivity (Wildman–Crippen MR) is 77.5 cm³/mol. The van der Waals surface area contributed by atoms with E-state index in [1.165, 1.54) is 0 Å². The molecule has 3 heterocycles. The van der Waals surface area contributed by atoms with Crippen LogP contribution in [0.4, 0.5) is 0 Å². The van der Waals surface area contributed by atoms with Gasteiger partial charge in [0.2, 0.25) is 0 Å². The molecule has 3 rings (SSSR count). The van der Waals surface area contributed by atoms with Crippen LogP contribution in [0.15, 0.2) is 60.9 Å². The van der Waals surface area contributed by atoms with E-state index in [9.17, 15) is 4.79 Å². The zero-order chi connectivity index (χ0) is 14.5. The second-order valence-electron chi connectivity index (χ2n) is 4.44. The summed E-state index contributed by atoms with van der Waals surface area (Å²) in [6.45, 7) is 0. The molecular weight excluding hydrogens is 264 g/mol. The molecule has 0 bridgehead atoms. The Bertz CT molecular complexity index is 727. The smallest absolute Gasteiger partial charge is 0.187 e. The SMILES string of the molecule is O=C(Cc1ccc(-c2ccccn2)nn1)c1ccccn1. The van der Waals surface area contributed by atoms with Gasteiger partial charge in [0.05, 0.1) is 17.8 Å². The third-order valence-electron chi connectivity index (χ3n) is 2.94. The summed E-state index contributed by atoms with van der Waals surface area (Å²) in [5.41, 5.74) is 2.50. The number of carbonyl (C=O) groups is 1. The van der Waals surface area contributed by atoms with E-state index in [0.717, 1.165) is 5.69 Å². The lowest BCUT2D eigenvalue weighted by Crippen LogP contribution is -2.07. The summed E-state index contributed by atoms with van der Waals surface area (Å²) in [6.07, 6.45) is 3.49. The standard InChI is InChI=1S/C16H12N4O/c21-16(15-6-2-4-10-18-15)11-12-7-8-14(20-19-12)13-5-1-3-9-17-13/h1-10H,11H2. The van der Waals surface area contributed by atoms with Crippen LogP contribution in [0.3, 0.4) is 0 Å². The van der Waals surface area contributed by atoms with Gasteiger partial charge in [0.25, 0.3) is 0 Å². The monoisotopic (exact) mass is 276 g/mol. The fourth-order valence-electron chi connectivity index (χ4n) is 1.89. The Morgan fingerprint density at radius 1 is 0.810 bits per heavy atom. The zero-order valence-electron chi connectivity index (χ0n) is 11.2. The number of carbonyl (C=O) groups excluding carboxylic acids is 1. The molecule has 3 aromatic rings. The maximum Gasteiger partial charge on any atom is 0.187 e. The highest BCUT2D eigenvalue weighted by Gasteiger charge is 2.10. The van der Waals surface area contributed by atoms with Crippen LogP contribution in [0.2, 0.25) is 0 Å². The number of pyridine rings is 2. The number of hydrogen-bond donors (Lipinski definition) is 0. The number of nitrogens with zero attached hydrogens (tertiary/aromatic N) is 4. The Labute approximate surface area is 121 Å². The molecule has 0 aliphatic heterocycles. The molecule has 0 aliphatic carbocycles. The molecule has 0 amide bonds. The molecule has 21 heavy (non-hydrogen) atoms. The van der Waals surface area contributed by atoms with Crippen molar-refractivity contribution in [1.29, 1.82) is 0 Å². The summed E-state index contributed by atoms with van der Waals surface area (Å²) in [6, 6.07) is 14.5. The number of ketones is 1. The first-order chi connectivity index (χ1) is 10.3. The number of aromatic nitrogens is 4.